The summed E-state index contributed by atoms with van der Waals surface area (Å²) in [4.78, 5) is 58.7. The first kappa shape index (κ1) is 16.9. The molecule has 24 heavy (non-hydrogen) atoms. The largest absolute Gasteiger partial charge is 0.452 e. The van der Waals surface area contributed by atoms with Crippen molar-refractivity contribution < 1.29 is 28.7 Å². The third-order valence-electron chi connectivity index (χ3n) is 3.12. The van der Waals surface area contributed by atoms with Gasteiger partial charge in [0.25, 0.3) is 17.7 Å². The average molecular weight is 331 g/mol. The number of primary amides is 1. The van der Waals surface area contributed by atoms with Crippen molar-refractivity contribution in [1.82, 2.24) is 10.2 Å². The smallest absolute Gasteiger partial charge is 0.338 e. The lowest BCUT2D eigenvalue weighted by molar-refractivity contribution is -0.123. The molecular weight excluding hydrogens is 318 g/mol. The zero-order chi connectivity index (χ0) is 17.9. The van der Waals surface area contributed by atoms with Crippen LogP contribution >= 0.6 is 0 Å². The van der Waals surface area contributed by atoms with Gasteiger partial charge in [0.2, 0.25) is 0 Å². The van der Waals surface area contributed by atoms with Crippen molar-refractivity contribution in [2.45, 2.75) is 0 Å². The van der Waals surface area contributed by atoms with Crippen molar-refractivity contribution in [1.29, 1.82) is 0 Å². The van der Waals surface area contributed by atoms with E-state index in [9.17, 15) is 24.0 Å². The molecule has 0 bridgehead atoms. The number of carbonyl (C=O) groups is 5. The van der Waals surface area contributed by atoms with Gasteiger partial charge in [-0.05, 0) is 18.2 Å². The van der Waals surface area contributed by atoms with Gasteiger partial charge in [0.1, 0.15) is 0 Å². The highest BCUT2D eigenvalue weighted by atomic mass is 16.5. The molecule has 0 aliphatic carbocycles. The maximum absolute atomic E-state index is 12.1. The predicted molar refractivity (Wildman–Crippen MR) is 80.0 cm³/mol. The van der Waals surface area contributed by atoms with Crippen molar-refractivity contribution in [2.75, 3.05) is 13.2 Å². The van der Waals surface area contributed by atoms with Crippen LogP contribution in [0.1, 0.15) is 31.1 Å². The van der Waals surface area contributed by atoms with E-state index >= 15 is 0 Å². The quantitative estimate of drug-likeness (QED) is 0.436. The molecule has 0 radical (unpaired) electrons. The van der Waals surface area contributed by atoms with Gasteiger partial charge in [-0.3, -0.25) is 24.6 Å². The van der Waals surface area contributed by atoms with Gasteiger partial charge in [0, 0.05) is 6.54 Å². The number of ether oxygens (including phenoxy) is 1. The van der Waals surface area contributed by atoms with E-state index in [1.165, 1.54) is 24.3 Å². The molecule has 0 unspecified atom stereocenters. The number of carbonyl (C=O) groups excluding carboxylic acids is 5. The minimum Gasteiger partial charge on any atom is -0.452 e. The second-order valence-corrected chi connectivity index (χ2v) is 4.76. The lowest BCUT2D eigenvalue weighted by Crippen LogP contribution is -2.37. The predicted octanol–water partition coefficient (Wildman–Crippen LogP) is -0.180. The molecule has 1 heterocycles. The van der Waals surface area contributed by atoms with E-state index in [-0.39, 0.29) is 23.2 Å². The normalized spacial score (nSPS) is 12.6. The number of fused-ring (bicyclic) bond motifs is 1. The summed E-state index contributed by atoms with van der Waals surface area (Å²) < 4.78 is 4.70. The summed E-state index contributed by atoms with van der Waals surface area (Å²) in [6.45, 7) is 2.81. The first-order valence-electron chi connectivity index (χ1n) is 6.72. The number of benzene rings is 1. The zero-order valence-electron chi connectivity index (χ0n) is 12.4. The topological polar surface area (TPSA) is 136 Å². The molecule has 0 spiro atoms. The number of imide groups is 2. The highest BCUT2D eigenvalue weighted by Crippen LogP contribution is 2.24. The SMILES string of the molecule is C=CCN1C(=O)c2ccc(C(=O)OCC(=O)NC(N)=O)cc2C1=O. The Morgan fingerprint density at radius 2 is 1.88 bits per heavy atom. The molecule has 9 nitrogen and oxygen atoms in total. The lowest BCUT2D eigenvalue weighted by Gasteiger charge is -2.09. The molecule has 1 aromatic carbocycles. The van der Waals surface area contributed by atoms with E-state index in [4.69, 9.17) is 10.5 Å². The molecule has 3 N–H and O–H groups in total. The summed E-state index contributed by atoms with van der Waals surface area (Å²) in [5.41, 5.74) is 4.97. The molecule has 5 amide bonds. The Labute approximate surface area is 136 Å². The first-order chi connectivity index (χ1) is 11.3. The van der Waals surface area contributed by atoms with Crippen molar-refractivity contribution in [3.05, 3.63) is 47.5 Å². The Kier molecular flexibility index (Phi) is 4.73. The van der Waals surface area contributed by atoms with Gasteiger partial charge in [0.05, 0.1) is 16.7 Å². The monoisotopic (exact) mass is 331 g/mol. The second-order valence-electron chi connectivity index (χ2n) is 4.76. The fraction of sp³-hybridized carbons (Fsp3) is 0.133. The maximum Gasteiger partial charge on any atom is 0.338 e. The van der Waals surface area contributed by atoms with E-state index < -0.39 is 36.3 Å². The van der Waals surface area contributed by atoms with Crippen LogP contribution in [0.4, 0.5) is 4.79 Å². The number of urea groups is 1. The zero-order valence-corrected chi connectivity index (χ0v) is 12.4. The van der Waals surface area contributed by atoms with Gasteiger partial charge in [-0.1, -0.05) is 6.08 Å². The van der Waals surface area contributed by atoms with Crippen LogP contribution in [0.3, 0.4) is 0 Å². The Bertz CT molecular complexity index is 770. The number of amides is 5. The number of nitrogens with one attached hydrogen (secondary N) is 1. The number of esters is 1. The van der Waals surface area contributed by atoms with Gasteiger partial charge >= 0.3 is 12.0 Å². The molecule has 0 aromatic heterocycles. The van der Waals surface area contributed by atoms with Gasteiger partial charge in [-0.15, -0.1) is 6.58 Å². The van der Waals surface area contributed by atoms with Crippen molar-refractivity contribution >= 4 is 29.7 Å². The number of hydrogen-bond donors (Lipinski definition) is 2. The summed E-state index contributed by atoms with van der Waals surface area (Å²) in [5, 5.41) is 1.73. The summed E-state index contributed by atoms with van der Waals surface area (Å²) in [7, 11) is 0. The standard InChI is InChI=1S/C15H13N3O6/c1-2-5-18-12(20)9-4-3-8(6-10(9)13(18)21)14(22)24-7-11(19)17-15(16)23/h2-4,6H,1,5,7H2,(H3,16,17,19,23). The molecule has 9 heteroatoms. The van der Waals surface area contributed by atoms with Crippen molar-refractivity contribution in [3.63, 3.8) is 0 Å². The fourth-order valence-corrected chi connectivity index (χ4v) is 2.10. The molecule has 124 valence electrons. The Morgan fingerprint density at radius 3 is 2.50 bits per heavy atom. The Hall–Kier alpha value is -3.49. The Morgan fingerprint density at radius 1 is 1.21 bits per heavy atom. The minimum absolute atomic E-state index is 0.0118. The number of nitrogens with two attached hydrogens (primary N) is 1. The van der Waals surface area contributed by atoms with Gasteiger partial charge in [0.15, 0.2) is 6.61 Å². The van der Waals surface area contributed by atoms with Crippen LogP contribution < -0.4 is 11.1 Å². The maximum atomic E-state index is 12.1. The molecule has 2 rings (SSSR count). The van der Waals surface area contributed by atoms with Crippen LogP contribution in [0.5, 0.6) is 0 Å². The highest BCUT2D eigenvalue weighted by molar-refractivity contribution is 6.22. The Balaban J connectivity index is 2.12. The van der Waals surface area contributed by atoms with Gasteiger partial charge in [-0.25, -0.2) is 9.59 Å². The molecule has 1 aliphatic heterocycles. The van der Waals surface area contributed by atoms with Gasteiger partial charge in [-0.2, -0.15) is 0 Å². The van der Waals surface area contributed by atoms with Crippen LogP contribution in [-0.2, 0) is 9.53 Å². The summed E-state index contributed by atoms with van der Waals surface area (Å²) in [6, 6.07) is 2.78. The summed E-state index contributed by atoms with van der Waals surface area (Å²) in [5.74, 6) is -2.80. The van der Waals surface area contributed by atoms with E-state index in [1.54, 1.807) is 5.32 Å². The fourth-order valence-electron chi connectivity index (χ4n) is 2.10. The van der Waals surface area contributed by atoms with Gasteiger partial charge < -0.3 is 10.5 Å². The molecule has 0 fully saturated rings. The minimum atomic E-state index is -1.07. The second kappa shape index (κ2) is 6.73. The summed E-state index contributed by atoms with van der Waals surface area (Å²) >= 11 is 0. The molecule has 0 saturated carbocycles. The van der Waals surface area contributed by atoms with E-state index in [0.29, 0.717) is 0 Å². The van der Waals surface area contributed by atoms with E-state index in [1.807, 2.05) is 0 Å². The summed E-state index contributed by atoms with van der Waals surface area (Å²) in [6.07, 6.45) is 1.41. The molecule has 1 aromatic rings. The molecular formula is C15H13N3O6. The third-order valence-corrected chi connectivity index (χ3v) is 3.12. The highest BCUT2D eigenvalue weighted by Gasteiger charge is 2.35. The van der Waals surface area contributed by atoms with Crippen LogP contribution in [-0.4, -0.2) is 47.8 Å². The molecule has 0 atom stereocenters. The van der Waals surface area contributed by atoms with Crippen molar-refractivity contribution in [3.8, 4) is 0 Å². The number of hydrogen-bond acceptors (Lipinski definition) is 6. The van der Waals surface area contributed by atoms with Crippen LogP contribution in [0.25, 0.3) is 0 Å². The number of rotatable bonds is 5. The lowest BCUT2D eigenvalue weighted by atomic mass is 10.1. The van der Waals surface area contributed by atoms with Crippen LogP contribution in [0, 0.1) is 0 Å². The first-order valence-corrected chi connectivity index (χ1v) is 6.72. The van der Waals surface area contributed by atoms with E-state index in [2.05, 4.69) is 6.58 Å². The van der Waals surface area contributed by atoms with Crippen LogP contribution in [0.2, 0.25) is 0 Å². The number of nitrogens with zero attached hydrogens (tertiary/aromatic N) is 1. The van der Waals surface area contributed by atoms with Crippen LogP contribution in [0.15, 0.2) is 30.9 Å². The van der Waals surface area contributed by atoms with Crippen molar-refractivity contribution in [2.24, 2.45) is 5.73 Å². The molecule has 1 aliphatic rings. The van der Waals surface area contributed by atoms with E-state index in [0.717, 1.165) is 4.90 Å². The molecule has 0 saturated heterocycles. The average Bonchev–Trinajstić information content (AvgIpc) is 2.77. The third kappa shape index (κ3) is 3.29.